The summed E-state index contributed by atoms with van der Waals surface area (Å²) in [5.41, 5.74) is 3.16. The number of hydrogen-bond acceptors (Lipinski definition) is 11. The van der Waals surface area contributed by atoms with Gasteiger partial charge < -0.3 is 33.0 Å². The van der Waals surface area contributed by atoms with Gasteiger partial charge in [0.25, 0.3) is 0 Å². The first kappa shape index (κ1) is 40.5. The summed E-state index contributed by atoms with van der Waals surface area (Å²) >= 11 is 0. The topological polar surface area (TPSA) is 144 Å². The third kappa shape index (κ3) is 9.99. The van der Waals surface area contributed by atoms with Crippen LogP contribution < -0.4 is 9.47 Å². The van der Waals surface area contributed by atoms with Crippen LogP contribution in [0, 0.1) is 11.8 Å². The van der Waals surface area contributed by atoms with Gasteiger partial charge in [-0.2, -0.15) is 0 Å². The molecule has 5 aromatic rings. The zero-order valence-corrected chi connectivity index (χ0v) is 32.7. The predicted molar refractivity (Wildman–Crippen MR) is 213 cm³/mol. The number of ether oxygens (including phenoxy) is 5. The van der Waals surface area contributed by atoms with Gasteiger partial charge in [-0.1, -0.05) is 60.7 Å². The van der Waals surface area contributed by atoms with E-state index in [2.05, 4.69) is 4.98 Å². The van der Waals surface area contributed by atoms with E-state index in [1.807, 2.05) is 104 Å². The highest BCUT2D eigenvalue weighted by Gasteiger charge is 2.41. The minimum atomic E-state index is -1.32. The summed E-state index contributed by atoms with van der Waals surface area (Å²) in [6.45, 7) is 7.26. The van der Waals surface area contributed by atoms with E-state index < -0.39 is 54.5 Å². The number of rotatable bonds is 18. The summed E-state index contributed by atoms with van der Waals surface area (Å²) in [7, 11) is 0. The fourth-order valence-corrected chi connectivity index (χ4v) is 7.23. The lowest BCUT2D eigenvalue weighted by molar-refractivity contribution is -0.165. The summed E-state index contributed by atoms with van der Waals surface area (Å²) in [5, 5.41) is 2.05. The van der Waals surface area contributed by atoms with Gasteiger partial charge >= 0.3 is 17.9 Å². The molecule has 12 heteroatoms. The van der Waals surface area contributed by atoms with E-state index >= 15 is 0 Å². The Morgan fingerprint density at radius 1 is 0.772 bits per heavy atom. The number of oxazole rings is 1. The van der Waals surface area contributed by atoms with Gasteiger partial charge in [-0.3, -0.25) is 19.2 Å². The first-order chi connectivity index (χ1) is 27.7. The molecule has 4 atom stereocenters. The first-order valence-corrected chi connectivity index (χ1v) is 19.4. The van der Waals surface area contributed by atoms with E-state index in [0.29, 0.717) is 29.4 Å². The normalized spacial score (nSPS) is 14.2. The maximum Gasteiger partial charge on any atom is 0.310 e. The van der Waals surface area contributed by atoms with Crippen molar-refractivity contribution >= 4 is 51.8 Å². The van der Waals surface area contributed by atoms with Crippen molar-refractivity contribution in [2.75, 3.05) is 26.6 Å². The van der Waals surface area contributed by atoms with Crippen LogP contribution in [0.15, 0.2) is 95.4 Å². The summed E-state index contributed by atoms with van der Waals surface area (Å²) < 4.78 is 33.2. The van der Waals surface area contributed by atoms with E-state index in [0.717, 1.165) is 27.4 Å². The molecule has 0 spiro atoms. The van der Waals surface area contributed by atoms with E-state index in [1.54, 1.807) is 25.7 Å². The Morgan fingerprint density at radius 3 is 2.19 bits per heavy atom. The average molecular weight is 777 g/mol. The summed E-state index contributed by atoms with van der Waals surface area (Å²) in [6, 6.07) is 26.7. The molecule has 4 aromatic carbocycles. The fourth-order valence-electron chi connectivity index (χ4n) is 7.23. The summed E-state index contributed by atoms with van der Waals surface area (Å²) in [6.07, 6.45) is 3.36. The van der Waals surface area contributed by atoms with Crippen molar-refractivity contribution in [3.05, 3.63) is 108 Å². The Hall–Kier alpha value is -6.17. The molecular formula is C45H48N2O10. The number of fused-ring (bicyclic) bond motifs is 3. The predicted octanol–water partition coefficient (Wildman–Crippen LogP) is 8.02. The highest BCUT2D eigenvalue weighted by molar-refractivity contribution is 5.90. The molecule has 0 saturated heterocycles. The minimum absolute atomic E-state index is 0.00823. The maximum atomic E-state index is 14.9. The zero-order chi connectivity index (χ0) is 40.3. The number of para-hydroxylation sites is 2. The van der Waals surface area contributed by atoms with Crippen molar-refractivity contribution in [3.8, 4) is 11.5 Å². The molecule has 0 aliphatic carbocycles. The lowest BCUT2D eigenvalue weighted by Crippen LogP contribution is -2.44. The van der Waals surface area contributed by atoms with Crippen LogP contribution in [0.2, 0.25) is 0 Å². The van der Waals surface area contributed by atoms with Crippen molar-refractivity contribution in [1.82, 2.24) is 9.88 Å². The Bertz CT molecular complexity index is 2200. The van der Waals surface area contributed by atoms with Crippen LogP contribution in [0.4, 0.5) is 0 Å². The van der Waals surface area contributed by atoms with Gasteiger partial charge in [-0.25, -0.2) is 4.98 Å². The number of esters is 3. The number of benzene rings is 4. The highest BCUT2D eigenvalue weighted by atomic mass is 16.7. The van der Waals surface area contributed by atoms with Crippen LogP contribution in [0.1, 0.15) is 69.9 Å². The average Bonchev–Trinajstić information content (AvgIpc) is 3.86. The molecule has 6 rings (SSSR count). The highest BCUT2D eigenvalue weighted by Crippen LogP contribution is 2.38. The monoisotopic (exact) mass is 776 g/mol. The van der Waals surface area contributed by atoms with Crippen LogP contribution in [-0.4, -0.2) is 66.4 Å². The van der Waals surface area contributed by atoms with E-state index in [9.17, 15) is 19.2 Å². The Kier molecular flexibility index (Phi) is 13.6. The smallest absolute Gasteiger partial charge is 0.310 e. The van der Waals surface area contributed by atoms with Crippen molar-refractivity contribution in [1.29, 1.82) is 0 Å². The standard InChI is InChI=1S/C45H48N2O10/c1-5-52-43(49)26-36(45(51)54-7-3)35(44(50)53-6-2)25-42(48)47(27-30-19-20-31-13-8-9-14-32(31)23-30)29(4)34(33-21-22-39-40(24-33)56-28-55-39)15-12-18-41-46-37-16-10-11-17-38(37)57-41/h8-14,16-24,29,34-36H,5-7,15,25-28H2,1-4H3/b18-12+/t29-,34+,35?,36?/m1/s1. The molecule has 0 saturated carbocycles. The van der Waals surface area contributed by atoms with Gasteiger partial charge in [0.2, 0.25) is 18.6 Å². The third-order valence-corrected chi connectivity index (χ3v) is 10.1. The molecule has 57 heavy (non-hydrogen) atoms. The second-order valence-corrected chi connectivity index (χ2v) is 13.8. The Balaban J connectivity index is 1.39. The van der Waals surface area contributed by atoms with Gasteiger partial charge in [0, 0.05) is 24.9 Å². The maximum absolute atomic E-state index is 14.9. The van der Waals surface area contributed by atoms with Gasteiger partial charge in [-0.15, -0.1) is 0 Å². The molecule has 2 heterocycles. The van der Waals surface area contributed by atoms with Gasteiger partial charge in [0.1, 0.15) is 5.52 Å². The van der Waals surface area contributed by atoms with Gasteiger partial charge in [0.15, 0.2) is 17.1 Å². The second-order valence-electron chi connectivity index (χ2n) is 13.8. The number of carbonyl (C=O) groups is 4. The quantitative estimate of drug-likeness (QED) is 0.0631. The molecule has 1 aliphatic rings. The zero-order valence-electron chi connectivity index (χ0n) is 32.7. The largest absolute Gasteiger partial charge is 0.466 e. The van der Waals surface area contributed by atoms with Gasteiger partial charge in [-0.05, 0) is 92.4 Å². The molecule has 0 N–H and O–H groups in total. The second kappa shape index (κ2) is 19.1. The minimum Gasteiger partial charge on any atom is -0.466 e. The van der Waals surface area contributed by atoms with Crippen LogP contribution in [0.5, 0.6) is 11.5 Å². The van der Waals surface area contributed by atoms with E-state index in [4.69, 9.17) is 28.1 Å². The third-order valence-electron chi connectivity index (χ3n) is 10.1. The first-order valence-electron chi connectivity index (χ1n) is 19.4. The summed E-state index contributed by atoms with van der Waals surface area (Å²) in [5.74, 6) is -3.95. The molecule has 1 aliphatic heterocycles. The van der Waals surface area contributed by atoms with E-state index in [-0.39, 0.29) is 39.1 Å². The lowest BCUT2D eigenvalue weighted by Gasteiger charge is -2.36. The number of aromatic nitrogens is 1. The number of allylic oxidation sites excluding steroid dienone is 1. The number of hydrogen-bond donors (Lipinski definition) is 0. The van der Waals surface area contributed by atoms with Crippen molar-refractivity contribution in [2.24, 2.45) is 11.8 Å². The van der Waals surface area contributed by atoms with Crippen molar-refractivity contribution in [2.45, 2.75) is 65.5 Å². The van der Waals surface area contributed by atoms with Gasteiger partial charge in [0.05, 0.1) is 38.1 Å². The molecule has 1 amide bonds. The van der Waals surface area contributed by atoms with Crippen LogP contribution in [-0.2, 0) is 39.9 Å². The molecule has 2 unspecified atom stereocenters. The Labute approximate surface area is 331 Å². The molecule has 12 nitrogen and oxygen atoms in total. The number of amides is 1. The van der Waals surface area contributed by atoms with Crippen LogP contribution in [0.25, 0.3) is 27.9 Å². The number of carbonyl (C=O) groups excluding carboxylic acids is 4. The molecule has 298 valence electrons. The molecule has 0 fully saturated rings. The Morgan fingerprint density at radius 2 is 1.46 bits per heavy atom. The van der Waals surface area contributed by atoms with Crippen LogP contribution >= 0.6 is 0 Å². The van der Waals surface area contributed by atoms with Crippen molar-refractivity contribution in [3.63, 3.8) is 0 Å². The molecular weight excluding hydrogens is 728 g/mol. The SMILES string of the molecule is CCOC(=O)CC(C(=O)OCC)C(CC(=O)N(Cc1ccc2ccccc2c1)[C@H](C)[C@H](C/C=C/c1nc2ccccc2o1)c1ccc2c(c1)OCO2)C(=O)OCC. The van der Waals surface area contributed by atoms with Crippen LogP contribution in [0.3, 0.4) is 0 Å². The number of nitrogens with zero attached hydrogens (tertiary/aromatic N) is 2. The lowest BCUT2D eigenvalue weighted by atomic mass is 9.84. The molecule has 1 aromatic heterocycles. The fraction of sp³-hybridized carbons (Fsp3) is 0.356. The van der Waals surface area contributed by atoms with E-state index in [1.165, 1.54) is 0 Å². The molecule has 0 radical (unpaired) electrons. The molecule has 0 bridgehead atoms. The summed E-state index contributed by atoms with van der Waals surface area (Å²) in [4.78, 5) is 61.1. The van der Waals surface area contributed by atoms with Crippen molar-refractivity contribution < 1.29 is 47.3 Å².